The predicted octanol–water partition coefficient (Wildman–Crippen LogP) is 1.67. The fourth-order valence-corrected chi connectivity index (χ4v) is 1.65. The Bertz CT molecular complexity index is 298. The summed E-state index contributed by atoms with van der Waals surface area (Å²) in [7, 11) is 0. The Morgan fingerprint density at radius 1 is 1.45 bits per heavy atom. The van der Waals surface area contributed by atoms with Crippen LogP contribution in [0.3, 0.4) is 0 Å². The van der Waals surface area contributed by atoms with Crippen LogP contribution in [0.4, 0.5) is 5.69 Å². The van der Waals surface area contributed by atoms with Crippen LogP contribution in [-0.2, 0) is 0 Å². The van der Waals surface area contributed by atoms with Crippen molar-refractivity contribution in [3.8, 4) is 0 Å². The van der Waals surface area contributed by atoms with Gasteiger partial charge in [0, 0.05) is 15.7 Å². The smallest absolute Gasteiger partial charge is 0.105 e. The molecule has 2 nitrogen and oxygen atoms in total. The van der Waals surface area contributed by atoms with Gasteiger partial charge in [-0.25, -0.2) is 0 Å². The molecule has 0 aliphatic rings. The van der Waals surface area contributed by atoms with Crippen LogP contribution in [0.15, 0.2) is 22.7 Å². The summed E-state index contributed by atoms with van der Waals surface area (Å²) >= 11 is 8.10. The van der Waals surface area contributed by atoms with Gasteiger partial charge in [0.15, 0.2) is 0 Å². The van der Waals surface area contributed by atoms with Gasteiger partial charge in [-0.15, -0.1) is 0 Å². The second-order valence-corrected chi connectivity index (χ2v) is 3.40. The van der Waals surface area contributed by atoms with E-state index in [1.165, 1.54) is 0 Å². The molecule has 0 unspecified atom stereocenters. The van der Waals surface area contributed by atoms with E-state index < -0.39 is 0 Å². The summed E-state index contributed by atoms with van der Waals surface area (Å²) in [5, 5.41) is 0. The Labute approximate surface area is 78.7 Å². The number of thiocarbonyl (C=S) groups is 1. The number of anilines is 1. The van der Waals surface area contributed by atoms with Gasteiger partial charge < -0.3 is 11.5 Å². The van der Waals surface area contributed by atoms with Gasteiger partial charge in [0.2, 0.25) is 0 Å². The van der Waals surface area contributed by atoms with Crippen LogP contribution in [0.5, 0.6) is 0 Å². The third kappa shape index (κ3) is 1.91. The second kappa shape index (κ2) is 3.19. The van der Waals surface area contributed by atoms with E-state index >= 15 is 0 Å². The molecule has 11 heavy (non-hydrogen) atoms. The summed E-state index contributed by atoms with van der Waals surface area (Å²) in [6, 6.07) is 5.33. The summed E-state index contributed by atoms with van der Waals surface area (Å²) in [6.07, 6.45) is 0. The number of halogens is 1. The molecule has 0 amide bonds. The fourth-order valence-electron chi connectivity index (χ4n) is 0.731. The largest absolute Gasteiger partial charge is 0.399 e. The predicted molar refractivity (Wildman–Crippen MR) is 54.4 cm³/mol. The summed E-state index contributed by atoms with van der Waals surface area (Å²) in [6.45, 7) is 0. The molecule has 0 spiro atoms. The van der Waals surface area contributed by atoms with Crippen LogP contribution in [-0.4, -0.2) is 4.99 Å². The first-order valence-corrected chi connectivity index (χ1v) is 4.16. The Kier molecular flexibility index (Phi) is 2.46. The molecule has 4 heteroatoms. The first-order chi connectivity index (χ1) is 5.11. The maximum atomic E-state index is 5.51. The number of benzene rings is 1. The highest BCUT2D eigenvalue weighted by Gasteiger charge is 2.01. The van der Waals surface area contributed by atoms with Crippen LogP contribution in [0.25, 0.3) is 0 Å². The molecule has 4 N–H and O–H groups in total. The molecule has 0 fully saturated rings. The van der Waals surface area contributed by atoms with Gasteiger partial charge in [-0.1, -0.05) is 12.2 Å². The van der Waals surface area contributed by atoms with E-state index in [9.17, 15) is 0 Å². The highest BCUT2D eigenvalue weighted by atomic mass is 79.9. The molecule has 0 heterocycles. The van der Waals surface area contributed by atoms with Crippen LogP contribution in [0, 0.1) is 0 Å². The van der Waals surface area contributed by atoms with E-state index in [0.717, 1.165) is 10.0 Å². The quantitative estimate of drug-likeness (QED) is 0.571. The zero-order valence-electron chi connectivity index (χ0n) is 5.67. The Hall–Kier alpha value is -0.610. The van der Waals surface area contributed by atoms with Gasteiger partial charge in [0.1, 0.15) is 4.99 Å². The van der Waals surface area contributed by atoms with Gasteiger partial charge in [-0.3, -0.25) is 0 Å². The maximum Gasteiger partial charge on any atom is 0.105 e. The van der Waals surface area contributed by atoms with Crippen molar-refractivity contribution in [1.29, 1.82) is 0 Å². The zero-order valence-corrected chi connectivity index (χ0v) is 8.08. The minimum atomic E-state index is 0.372. The van der Waals surface area contributed by atoms with Crippen LogP contribution < -0.4 is 11.5 Å². The summed E-state index contributed by atoms with van der Waals surface area (Å²) in [5.41, 5.74) is 12.4. The normalized spacial score (nSPS) is 9.55. The standard InChI is InChI=1S/C7H7BrN2S/c8-6-3-4(9)1-2-5(6)7(10)11/h1-3H,9H2,(H2,10,11). The van der Waals surface area contributed by atoms with Gasteiger partial charge in [0.25, 0.3) is 0 Å². The Morgan fingerprint density at radius 2 is 2.09 bits per heavy atom. The zero-order chi connectivity index (χ0) is 8.43. The summed E-state index contributed by atoms with van der Waals surface area (Å²) < 4.78 is 0.838. The molecular formula is C7H7BrN2S. The number of nitrogens with two attached hydrogens (primary N) is 2. The van der Waals surface area contributed by atoms with Crippen molar-refractivity contribution < 1.29 is 0 Å². The van der Waals surface area contributed by atoms with Gasteiger partial charge >= 0.3 is 0 Å². The van der Waals surface area contributed by atoms with E-state index in [-0.39, 0.29) is 0 Å². The van der Waals surface area contributed by atoms with Gasteiger partial charge in [-0.2, -0.15) is 0 Å². The van der Waals surface area contributed by atoms with Crippen LogP contribution >= 0.6 is 28.1 Å². The third-order valence-corrected chi connectivity index (χ3v) is 2.13. The highest BCUT2D eigenvalue weighted by molar-refractivity contribution is 9.10. The Morgan fingerprint density at radius 3 is 2.55 bits per heavy atom. The monoisotopic (exact) mass is 230 g/mol. The number of nitrogen functional groups attached to an aromatic ring is 1. The lowest BCUT2D eigenvalue weighted by molar-refractivity contribution is 1.57. The lowest BCUT2D eigenvalue weighted by atomic mass is 10.2. The first-order valence-electron chi connectivity index (χ1n) is 2.96. The van der Waals surface area contributed by atoms with Crippen molar-refractivity contribution in [3.63, 3.8) is 0 Å². The van der Waals surface area contributed by atoms with Crippen molar-refractivity contribution >= 4 is 38.8 Å². The average molecular weight is 231 g/mol. The van der Waals surface area contributed by atoms with Crippen molar-refractivity contribution in [3.05, 3.63) is 28.2 Å². The molecule has 0 saturated heterocycles. The Balaban J connectivity index is 3.20. The van der Waals surface area contributed by atoms with E-state index in [4.69, 9.17) is 23.7 Å². The van der Waals surface area contributed by atoms with E-state index in [1.807, 2.05) is 0 Å². The van der Waals surface area contributed by atoms with E-state index in [1.54, 1.807) is 18.2 Å². The maximum absolute atomic E-state index is 5.51. The molecule has 1 rings (SSSR count). The lowest BCUT2D eigenvalue weighted by Gasteiger charge is -2.01. The van der Waals surface area contributed by atoms with Crippen LogP contribution in [0.1, 0.15) is 5.56 Å². The molecule has 0 aromatic heterocycles. The number of hydrogen-bond acceptors (Lipinski definition) is 2. The number of rotatable bonds is 1. The van der Waals surface area contributed by atoms with Crippen LogP contribution in [0.2, 0.25) is 0 Å². The molecule has 0 bridgehead atoms. The molecule has 58 valence electrons. The first kappa shape index (κ1) is 8.49. The van der Waals surface area contributed by atoms with Crippen molar-refractivity contribution in [2.45, 2.75) is 0 Å². The fraction of sp³-hybridized carbons (Fsp3) is 0. The van der Waals surface area contributed by atoms with Crippen molar-refractivity contribution in [1.82, 2.24) is 0 Å². The summed E-state index contributed by atoms with van der Waals surface area (Å²) in [5.74, 6) is 0. The average Bonchev–Trinajstić information content (AvgIpc) is 1.85. The molecule has 0 radical (unpaired) electrons. The minimum absolute atomic E-state index is 0.372. The topological polar surface area (TPSA) is 52.0 Å². The molecule has 0 aliphatic heterocycles. The molecular weight excluding hydrogens is 224 g/mol. The summed E-state index contributed by atoms with van der Waals surface area (Å²) in [4.78, 5) is 0.372. The molecule has 0 aliphatic carbocycles. The second-order valence-electron chi connectivity index (χ2n) is 2.10. The van der Waals surface area contributed by atoms with E-state index in [2.05, 4.69) is 15.9 Å². The molecule has 0 atom stereocenters. The SMILES string of the molecule is NC(=S)c1ccc(N)cc1Br. The molecule has 1 aromatic carbocycles. The third-order valence-electron chi connectivity index (χ3n) is 1.26. The highest BCUT2D eigenvalue weighted by Crippen LogP contribution is 2.19. The minimum Gasteiger partial charge on any atom is -0.399 e. The van der Waals surface area contributed by atoms with Crippen molar-refractivity contribution in [2.24, 2.45) is 5.73 Å². The number of hydrogen-bond donors (Lipinski definition) is 2. The molecule has 0 saturated carbocycles. The van der Waals surface area contributed by atoms with Crippen molar-refractivity contribution in [2.75, 3.05) is 5.73 Å². The van der Waals surface area contributed by atoms with E-state index in [0.29, 0.717) is 10.7 Å². The molecule has 1 aromatic rings. The van der Waals surface area contributed by atoms with Gasteiger partial charge in [0.05, 0.1) is 0 Å². The van der Waals surface area contributed by atoms with Gasteiger partial charge in [-0.05, 0) is 34.1 Å². The lowest BCUT2D eigenvalue weighted by Crippen LogP contribution is -2.10.